The summed E-state index contributed by atoms with van der Waals surface area (Å²) in [5.74, 6) is 2.05. The number of pyridine rings is 1. The second-order valence-corrected chi connectivity index (χ2v) is 4.78. The maximum absolute atomic E-state index is 5.89. The fraction of sp³-hybridized carbons (Fsp3) is 0.133. The molecule has 3 heterocycles. The van der Waals surface area contributed by atoms with E-state index < -0.39 is 0 Å². The number of benzene rings is 1. The Morgan fingerprint density at radius 2 is 2.00 bits per heavy atom. The number of rotatable bonds is 0. The molecule has 0 amide bonds. The number of ether oxygens (including phenoxy) is 2. The van der Waals surface area contributed by atoms with Crippen molar-refractivity contribution in [2.45, 2.75) is 13.2 Å². The van der Waals surface area contributed by atoms with E-state index in [1.165, 1.54) is 0 Å². The highest BCUT2D eigenvalue weighted by atomic mass is 16.5. The summed E-state index contributed by atoms with van der Waals surface area (Å²) >= 11 is 0. The van der Waals surface area contributed by atoms with Gasteiger partial charge in [-0.2, -0.15) is 0 Å². The predicted molar refractivity (Wildman–Crippen MR) is 75.6 cm³/mol. The Kier molecular flexibility index (Phi) is 2.32. The number of nitrogens with one attached hydrogen (secondary N) is 1. The van der Waals surface area contributed by atoms with E-state index in [1.807, 2.05) is 30.5 Å². The van der Waals surface area contributed by atoms with Gasteiger partial charge in [0.1, 0.15) is 19.0 Å². The normalized spacial score (nSPS) is 13.6. The Morgan fingerprint density at radius 1 is 1.15 bits per heavy atom. The van der Waals surface area contributed by atoms with Crippen LogP contribution in [0.1, 0.15) is 11.3 Å². The third kappa shape index (κ3) is 1.67. The van der Waals surface area contributed by atoms with E-state index in [2.05, 4.69) is 9.97 Å². The molecule has 0 unspecified atom stereocenters. The summed E-state index contributed by atoms with van der Waals surface area (Å²) in [4.78, 5) is 7.33. The van der Waals surface area contributed by atoms with E-state index in [1.54, 1.807) is 6.20 Å². The van der Waals surface area contributed by atoms with Gasteiger partial charge in [0.25, 0.3) is 0 Å². The molecule has 4 rings (SSSR count). The number of aromatic amines is 1. The van der Waals surface area contributed by atoms with E-state index in [-0.39, 0.29) is 0 Å². The molecule has 0 saturated carbocycles. The largest absolute Gasteiger partial charge is 0.485 e. The zero-order chi connectivity index (χ0) is 13.5. The fourth-order valence-corrected chi connectivity index (χ4v) is 2.42. The van der Waals surface area contributed by atoms with Crippen molar-refractivity contribution in [3.63, 3.8) is 0 Å². The Balaban J connectivity index is 1.80. The molecule has 100 valence electrons. The molecule has 5 nitrogen and oxygen atoms in total. The molecule has 0 spiro atoms. The minimum Gasteiger partial charge on any atom is -0.485 e. The van der Waals surface area contributed by atoms with E-state index in [0.29, 0.717) is 24.8 Å². The van der Waals surface area contributed by atoms with Crippen LogP contribution in [0.2, 0.25) is 0 Å². The molecular weight excluding hydrogens is 254 g/mol. The fourth-order valence-electron chi connectivity index (χ4n) is 2.42. The lowest BCUT2D eigenvalue weighted by Crippen LogP contribution is -2.10. The van der Waals surface area contributed by atoms with Gasteiger partial charge in [-0.25, -0.2) is 0 Å². The lowest BCUT2D eigenvalue weighted by atomic mass is 10.1. The maximum atomic E-state index is 5.89. The van der Waals surface area contributed by atoms with Gasteiger partial charge in [0, 0.05) is 28.7 Å². The third-order valence-electron chi connectivity index (χ3n) is 3.52. The highest BCUT2D eigenvalue weighted by molar-refractivity contribution is 5.94. The summed E-state index contributed by atoms with van der Waals surface area (Å²) in [6, 6.07) is 7.76. The molecule has 0 bridgehead atoms. The van der Waals surface area contributed by atoms with Crippen molar-refractivity contribution >= 4 is 16.6 Å². The molecular formula is C15H13N3O2. The van der Waals surface area contributed by atoms with Crippen molar-refractivity contribution in [1.29, 1.82) is 0 Å². The van der Waals surface area contributed by atoms with Crippen molar-refractivity contribution in [2.75, 3.05) is 5.73 Å². The van der Waals surface area contributed by atoms with Gasteiger partial charge >= 0.3 is 0 Å². The first-order chi connectivity index (χ1) is 9.81. The number of hydrogen-bond acceptors (Lipinski definition) is 4. The van der Waals surface area contributed by atoms with Gasteiger partial charge in [-0.1, -0.05) is 6.07 Å². The molecule has 0 radical (unpaired) electrons. The maximum Gasteiger partial charge on any atom is 0.162 e. The minimum atomic E-state index is 0.433. The molecule has 3 N–H and O–H groups in total. The van der Waals surface area contributed by atoms with Crippen LogP contribution in [0.3, 0.4) is 0 Å². The lowest BCUT2D eigenvalue weighted by molar-refractivity contribution is 0.234. The highest BCUT2D eigenvalue weighted by Gasteiger charge is 2.15. The molecule has 5 heteroatoms. The van der Waals surface area contributed by atoms with Gasteiger partial charge in [-0.05, 0) is 18.2 Å². The van der Waals surface area contributed by atoms with Crippen LogP contribution in [-0.2, 0) is 13.2 Å². The van der Waals surface area contributed by atoms with Gasteiger partial charge in [0.2, 0.25) is 0 Å². The molecule has 1 aromatic carbocycles. The monoisotopic (exact) mass is 267 g/mol. The third-order valence-corrected chi connectivity index (χ3v) is 3.52. The van der Waals surface area contributed by atoms with Crippen LogP contribution in [0.25, 0.3) is 10.8 Å². The number of aromatic nitrogens is 2. The molecule has 1 aliphatic heterocycles. The number of anilines is 1. The smallest absolute Gasteiger partial charge is 0.162 e. The first kappa shape index (κ1) is 11.2. The van der Waals surface area contributed by atoms with Gasteiger partial charge in [-0.15, -0.1) is 0 Å². The number of nitrogens with two attached hydrogens (primary N) is 1. The van der Waals surface area contributed by atoms with Crippen molar-refractivity contribution in [3.05, 3.63) is 47.9 Å². The minimum absolute atomic E-state index is 0.433. The number of H-pyrrole nitrogens is 1. The second kappa shape index (κ2) is 4.16. The Labute approximate surface area is 115 Å². The zero-order valence-electron chi connectivity index (χ0n) is 10.7. The predicted octanol–water partition coefficient (Wildman–Crippen LogP) is 2.62. The molecule has 0 atom stereocenters. The van der Waals surface area contributed by atoms with Gasteiger partial charge in [0.15, 0.2) is 11.5 Å². The zero-order valence-corrected chi connectivity index (χ0v) is 10.7. The van der Waals surface area contributed by atoms with Crippen LogP contribution >= 0.6 is 0 Å². The number of nitrogens with zero attached hydrogens (tertiary/aromatic N) is 1. The summed E-state index contributed by atoms with van der Waals surface area (Å²) in [6.45, 7) is 0.924. The van der Waals surface area contributed by atoms with E-state index in [0.717, 1.165) is 27.8 Å². The molecule has 0 aliphatic carbocycles. The SMILES string of the molecule is Nc1[nH]cc2cc3c(cc12)OCc1ncccc1CO3. The second-order valence-electron chi connectivity index (χ2n) is 4.78. The first-order valence-corrected chi connectivity index (χ1v) is 6.40. The van der Waals surface area contributed by atoms with E-state index in [9.17, 15) is 0 Å². The topological polar surface area (TPSA) is 73.2 Å². The number of hydrogen-bond donors (Lipinski definition) is 2. The molecule has 2 aromatic heterocycles. The summed E-state index contributed by atoms with van der Waals surface area (Å²) in [5.41, 5.74) is 7.84. The Bertz CT molecular complexity index is 795. The van der Waals surface area contributed by atoms with Crippen LogP contribution in [0.4, 0.5) is 5.82 Å². The molecule has 1 aliphatic rings. The van der Waals surface area contributed by atoms with Crippen molar-refractivity contribution < 1.29 is 9.47 Å². The van der Waals surface area contributed by atoms with Crippen molar-refractivity contribution in [2.24, 2.45) is 0 Å². The average Bonchev–Trinajstić information content (AvgIpc) is 2.81. The quantitative estimate of drug-likeness (QED) is 0.656. The first-order valence-electron chi connectivity index (χ1n) is 6.40. The average molecular weight is 267 g/mol. The summed E-state index contributed by atoms with van der Waals surface area (Å²) in [5, 5.41) is 1.95. The molecule has 20 heavy (non-hydrogen) atoms. The van der Waals surface area contributed by atoms with Gasteiger partial charge in [0.05, 0.1) is 5.69 Å². The van der Waals surface area contributed by atoms with Crippen LogP contribution in [-0.4, -0.2) is 9.97 Å². The van der Waals surface area contributed by atoms with E-state index >= 15 is 0 Å². The molecule has 3 aromatic rings. The lowest BCUT2D eigenvalue weighted by Gasteiger charge is -2.18. The Morgan fingerprint density at radius 3 is 2.95 bits per heavy atom. The highest BCUT2D eigenvalue weighted by Crippen LogP contribution is 2.36. The Hall–Kier alpha value is -2.69. The molecule has 0 fully saturated rings. The van der Waals surface area contributed by atoms with Crippen LogP contribution in [0.5, 0.6) is 11.5 Å². The number of fused-ring (bicyclic) bond motifs is 3. The van der Waals surface area contributed by atoms with E-state index in [4.69, 9.17) is 15.2 Å². The van der Waals surface area contributed by atoms with Gasteiger partial charge in [-0.3, -0.25) is 4.98 Å². The van der Waals surface area contributed by atoms with Crippen molar-refractivity contribution in [3.8, 4) is 11.5 Å². The standard InChI is InChI=1S/C15H13N3O2/c16-15-11-5-14-13(4-10(11)6-18-15)19-7-9-2-1-3-17-12(9)8-20-14/h1-6,18H,7-8,16H2. The summed E-state index contributed by atoms with van der Waals surface area (Å²) in [6.07, 6.45) is 3.63. The van der Waals surface area contributed by atoms with Crippen LogP contribution < -0.4 is 15.2 Å². The van der Waals surface area contributed by atoms with Crippen LogP contribution in [0.15, 0.2) is 36.7 Å². The van der Waals surface area contributed by atoms with Gasteiger partial charge < -0.3 is 20.2 Å². The van der Waals surface area contributed by atoms with Crippen LogP contribution in [0, 0.1) is 0 Å². The summed E-state index contributed by atoms with van der Waals surface area (Å²) in [7, 11) is 0. The van der Waals surface area contributed by atoms with Crippen molar-refractivity contribution in [1.82, 2.24) is 9.97 Å². The molecule has 0 saturated heterocycles. The summed E-state index contributed by atoms with van der Waals surface area (Å²) < 4.78 is 11.7. The number of nitrogen functional groups attached to an aromatic ring is 1.